The number of hydrogen-bond donors (Lipinski definition) is 0. The Balaban J connectivity index is 1.02. The number of furan rings is 1. The van der Waals surface area contributed by atoms with E-state index in [4.69, 9.17) is 4.42 Å². The molecule has 1 aliphatic rings. The number of rotatable bonds is 6. The van der Waals surface area contributed by atoms with Crippen molar-refractivity contribution < 1.29 is 4.42 Å². The van der Waals surface area contributed by atoms with Crippen LogP contribution in [0.2, 0.25) is 0 Å². The monoisotopic (exact) mass is 818 g/mol. The summed E-state index contributed by atoms with van der Waals surface area (Å²) < 4.78 is 9.37. The van der Waals surface area contributed by atoms with Crippen LogP contribution in [0.1, 0.15) is 25.0 Å². The molecule has 0 amide bonds. The third-order valence-corrected chi connectivity index (χ3v) is 13.8. The number of nitrogens with zero attached hydrogens (tertiary/aromatic N) is 2. The Labute approximate surface area is 371 Å². The SMILES string of the molecule is CC1(C)c2ccccc2-c2cccc(-c3ccc(N(c4cccc(-n5c6ccccc6c6ccccc65)c4)c4ccccc4-c4cccc5c4oc4c6ccccc6ccc54)cc3)c21. The van der Waals surface area contributed by atoms with E-state index in [1.165, 1.54) is 60.6 Å². The minimum atomic E-state index is -0.122. The molecule has 0 spiro atoms. The van der Waals surface area contributed by atoms with Crippen molar-refractivity contribution in [1.82, 2.24) is 4.57 Å². The third-order valence-electron chi connectivity index (χ3n) is 13.8. The van der Waals surface area contributed by atoms with Crippen molar-refractivity contribution in [1.29, 1.82) is 0 Å². The number of hydrogen-bond acceptors (Lipinski definition) is 2. The molecule has 3 heteroatoms. The average Bonchev–Trinajstić information content (AvgIpc) is 3.98. The summed E-state index contributed by atoms with van der Waals surface area (Å²) >= 11 is 0. The molecule has 0 atom stereocenters. The molecule has 0 N–H and O–H groups in total. The van der Waals surface area contributed by atoms with Crippen molar-refractivity contribution in [3.8, 4) is 39.1 Å². The van der Waals surface area contributed by atoms with Gasteiger partial charge in [0.1, 0.15) is 11.2 Å². The first kappa shape index (κ1) is 36.5. The number of fused-ring (bicyclic) bond motifs is 11. The summed E-state index contributed by atoms with van der Waals surface area (Å²) in [7, 11) is 0. The Morgan fingerprint density at radius 3 is 1.81 bits per heavy atom. The van der Waals surface area contributed by atoms with E-state index in [9.17, 15) is 0 Å². The van der Waals surface area contributed by atoms with Crippen LogP contribution in [-0.4, -0.2) is 4.57 Å². The molecule has 0 aliphatic heterocycles. The van der Waals surface area contributed by atoms with Gasteiger partial charge >= 0.3 is 0 Å². The van der Waals surface area contributed by atoms with Crippen molar-refractivity contribution in [2.75, 3.05) is 4.90 Å². The van der Waals surface area contributed by atoms with E-state index >= 15 is 0 Å². The summed E-state index contributed by atoms with van der Waals surface area (Å²) in [6.07, 6.45) is 0. The molecule has 1 aliphatic carbocycles. The molecule has 0 unspecified atom stereocenters. The molecule has 0 fully saturated rings. The predicted octanol–water partition coefficient (Wildman–Crippen LogP) is 16.9. The first-order chi connectivity index (χ1) is 31.5. The van der Waals surface area contributed by atoms with Crippen LogP contribution < -0.4 is 4.90 Å². The Morgan fingerprint density at radius 2 is 1.00 bits per heavy atom. The summed E-state index contributed by atoms with van der Waals surface area (Å²) in [6.45, 7) is 4.73. The van der Waals surface area contributed by atoms with Gasteiger partial charge in [0.15, 0.2) is 0 Å². The van der Waals surface area contributed by atoms with E-state index in [1.54, 1.807) is 0 Å². The summed E-state index contributed by atoms with van der Waals surface area (Å²) in [4.78, 5) is 2.42. The molecule has 2 heterocycles. The first-order valence-corrected chi connectivity index (χ1v) is 22.2. The number of anilines is 3. The fourth-order valence-corrected chi connectivity index (χ4v) is 10.9. The Hall–Kier alpha value is -8.14. The zero-order valence-electron chi connectivity index (χ0n) is 35.6. The van der Waals surface area contributed by atoms with Gasteiger partial charge in [-0.1, -0.05) is 178 Å². The van der Waals surface area contributed by atoms with Gasteiger partial charge in [-0.3, -0.25) is 0 Å². The Bertz CT molecular complexity index is 3770. The minimum Gasteiger partial charge on any atom is -0.455 e. The fraction of sp³-hybridized carbons (Fsp3) is 0.0492. The van der Waals surface area contributed by atoms with Gasteiger partial charge in [-0.2, -0.15) is 0 Å². The highest BCUT2D eigenvalue weighted by molar-refractivity contribution is 6.18. The van der Waals surface area contributed by atoms with Gasteiger partial charge < -0.3 is 13.9 Å². The maximum atomic E-state index is 6.97. The van der Waals surface area contributed by atoms with E-state index in [0.29, 0.717) is 0 Å². The molecule has 302 valence electrons. The highest BCUT2D eigenvalue weighted by Crippen LogP contribution is 2.53. The van der Waals surface area contributed by atoms with Crippen LogP contribution in [0.4, 0.5) is 17.1 Å². The second-order valence-corrected chi connectivity index (χ2v) is 17.6. The molecule has 10 aromatic carbocycles. The van der Waals surface area contributed by atoms with Crippen molar-refractivity contribution in [2.45, 2.75) is 19.3 Å². The van der Waals surface area contributed by atoms with E-state index in [1.807, 2.05) is 0 Å². The average molecular weight is 819 g/mol. The fourth-order valence-electron chi connectivity index (χ4n) is 10.9. The van der Waals surface area contributed by atoms with Gasteiger partial charge in [0, 0.05) is 60.5 Å². The highest BCUT2D eigenvalue weighted by atomic mass is 16.3. The van der Waals surface area contributed by atoms with E-state index in [0.717, 1.165) is 61.2 Å². The van der Waals surface area contributed by atoms with Crippen LogP contribution in [0.5, 0.6) is 0 Å². The first-order valence-electron chi connectivity index (χ1n) is 22.2. The molecule has 3 nitrogen and oxygen atoms in total. The van der Waals surface area contributed by atoms with Crippen molar-refractivity contribution in [3.05, 3.63) is 230 Å². The highest BCUT2D eigenvalue weighted by Gasteiger charge is 2.37. The topological polar surface area (TPSA) is 21.3 Å². The maximum Gasteiger partial charge on any atom is 0.143 e. The number of aromatic nitrogens is 1. The second-order valence-electron chi connectivity index (χ2n) is 17.6. The normalized spacial score (nSPS) is 13.0. The maximum absolute atomic E-state index is 6.97. The van der Waals surface area contributed by atoms with Crippen LogP contribution in [-0.2, 0) is 5.41 Å². The van der Waals surface area contributed by atoms with Gasteiger partial charge in [0.05, 0.1) is 16.7 Å². The van der Waals surface area contributed by atoms with E-state index < -0.39 is 0 Å². The lowest BCUT2D eigenvalue weighted by molar-refractivity contribution is 0.662. The summed E-state index contributed by atoms with van der Waals surface area (Å²) in [5.74, 6) is 0. The lowest BCUT2D eigenvalue weighted by Crippen LogP contribution is -2.16. The zero-order chi connectivity index (χ0) is 42.5. The van der Waals surface area contributed by atoms with Crippen molar-refractivity contribution >= 4 is 71.6 Å². The molecule has 13 rings (SSSR count). The van der Waals surface area contributed by atoms with Gasteiger partial charge in [-0.05, 0) is 93.4 Å². The summed E-state index contributed by atoms with van der Waals surface area (Å²) in [5.41, 5.74) is 18.4. The molecule has 2 aromatic heterocycles. The van der Waals surface area contributed by atoms with Gasteiger partial charge in [-0.15, -0.1) is 0 Å². The molecule has 0 radical (unpaired) electrons. The van der Waals surface area contributed by atoms with Gasteiger partial charge in [0.2, 0.25) is 0 Å². The third kappa shape index (κ3) is 5.34. The van der Waals surface area contributed by atoms with E-state index in [-0.39, 0.29) is 5.41 Å². The van der Waals surface area contributed by atoms with Crippen LogP contribution in [0.25, 0.3) is 93.6 Å². The molecular weight excluding hydrogens is 777 g/mol. The van der Waals surface area contributed by atoms with Crippen LogP contribution in [0, 0.1) is 0 Å². The van der Waals surface area contributed by atoms with Crippen LogP contribution in [0.15, 0.2) is 223 Å². The zero-order valence-corrected chi connectivity index (χ0v) is 35.6. The number of benzene rings is 10. The quantitative estimate of drug-likeness (QED) is 0.167. The van der Waals surface area contributed by atoms with Crippen LogP contribution in [0.3, 0.4) is 0 Å². The molecule has 0 saturated carbocycles. The molecular formula is C61H42N2O. The number of para-hydroxylation sites is 4. The van der Waals surface area contributed by atoms with Crippen molar-refractivity contribution in [3.63, 3.8) is 0 Å². The van der Waals surface area contributed by atoms with Crippen molar-refractivity contribution in [2.24, 2.45) is 0 Å². The summed E-state index contributed by atoms with van der Waals surface area (Å²) in [5, 5.41) is 7.01. The molecule has 0 bridgehead atoms. The standard InChI is InChI=1S/C61H42N2O/c1-61(2)54-28-9-5-20-46(54)50-25-14-24-44(58(50)61)40-32-35-41(36-33-40)62(42-17-13-18-43(38-42)63-56-30-11-6-21-47(56)48-22-7-12-31-57(48)63)55-29-10-8-23-49(55)51-26-15-27-52-53-37-34-39-16-3-4-19-45(39)59(53)64-60(51)52/h3-38H,1-2H3. The smallest absolute Gasteiger partial charge is 0.143 e. The van der Waals surface area contributed by atoms with Gasteiger partial charge in [-0.25, -0.2) is 0 Å². The molecule has 0 saturated heterocycles. The Morgan fingerprint density at radius 1 is 0.406 bits per heavy atom. The minimum absolute atomic E-state index is 0.122. The largest absolute Gasteiger partial charge is 0.455 e. The predicted molar refractivity (Wildman–Crippen MR) is 269 cm³/mol. The summed E-state index contributed by atoms with van der Waals surface area (Å²) in [6, 6.07) is 79.5. The molecule has 64 heavy (non-hydrogen) atoms. The van der Waals surface area contributed by atoms with Gasteiger partial charge in [0.25, 0.3) is 0 Å². The lowest BCUT2D eigenvalue weighted by Gasteiger charge is -2.29. The lowest BCUT2D eigenvalue weighted by atomic mass is 9.79. The Kier molecular flexibility index (Phi) is 7.95. The second kappa shape index (κ2) is 13.9. The van der Waals surface area contributed by atoms with Crippen LogP contribution >= 0.6 is 0 Å². The van der Waals surface area contributed by atoms with E-state index in [2.05, 4.69) is 242 Å². The molecule has 12 aromatic rings.